The third-order valence-corrected chi connectivity index (χ3v) is 5.72. The van der Waals surface area contributed by atoms with Crippen LogP contribution in [-0.2, 0) is 19.6 Å². The first-order valence-electron chi connectivity index (χ1n) is 9.01. The zero-order valence-corrected chi connectivity index (χ0v) is 16.6. The Hall–Kier alpha value is -3.49. The van der Waals surface area contributed by atoms with Crippen molar-refractivity contribution in [2.45, 2.75) is 17.4 Å². The van der Waals surface area contributed by atoms with Crippen LogP contribution in [-0.4, -0.2) is 31.8 Å². The molecule has 0 amide bonds. The molecule has 30 heavy (non-hydrogen) atoms. The van der Waals surface area contributed by atoms with Gasteiger partial charge in [0.25, 0.3) is 0 Å². The lowest BCUT2D eigenvalue weighted by molar-refractivity contribution is -0.138. The quantitative estimate of drug-likeness (QED) is 0.508. The number of sulfonamides is 1. The molecule has 3 aromatic rings. The Bertz CT molecular complexity index is 1130. The van der Waals surface area contributed by atoms with Gasteiger partial charge in [-0.25, -0.2) is 13.1 Å². The molecule has 1 unspecified atom stereocenters. The molecule has 0 aliphatic rings. The molecule has 1 atom stereocenters. The molecule has 0 fully saturated rings. The lowest BCUT2D eigenvalue weighted by Crippen LogP contribution is -2.37. The summed E-state index contributed by atoms with van der Waals surface area (Å²) in [6, 6.07) is 21.4. The Morgan fingerprint density at radius 3 is 2.17 bits per heavy atom. The molecule has 0 aliphatic carbocycles. The predicted molar refractivity (Wildman–Crippen MR) is 111 cm³/mol. The number of benzene rings is 3. The summed E-state index contributed by atoms with van der Waals surface area (Å²) < 4.78 is 33.2. The zero-order chi connectivity index (χ0) is 21.6. The number of ether oxygens (including phenoxy) is 1. The highest BCUT2D eigenvalue weighted by Gasteiger charge is 2.25. The van der Waals surface area contributed by atoms with Crippen molar-refractivity contribution in [1.29, 1.82) is 0 Å². The van der Waals surface area contributed by atoms with Gasteiger partial charge in [-0.2, -0.15) is 0 Å². The molecule has 2 N–H and O–H groups in total. The summed E-state index contributed by atoms with van der Waals surface area (Å²) in [5.74, 6) is -0.815. The first-order valence-corrected chi connectivity index (χ1v) is 10.5. The summed E-state index contributed by atoms with van der Waals surface area (Å²) in [7, 11) is -4.19. The summed E-state index contributed by atoms with van der Waals surface area (Å²) in [6.45, 7) is 0. The van der Waals surface area contributed by atoms with E-state index in [9.17, 15) is 18.0 Å². The molecule has 154 valence electrons. The number of para-hydroxylation sites is 1. The van der Waals surface area contributed by atoms with Crippen LogP contribution in [0.3, 0.4) is 0 Å². The number of rotatable bonds is 9. The van der Waals surface area contributed by atoms with Gasteiger partial charge in [-0.3, -0.25) is 4.79 Å². The smallest absolute Gasteiger partial charge is 0.305 e. The topological polar surface area (TPSA) is 110 Å². The van der Waals surface area contributed by atoms with Crippen LogP contribution < -0.4 is 9.46 Å². The van der Waals surface area contributed by atoms with E-state index in [0.717, 1.165) is 11.1 Å². The standard InChI is InChI=1S/C22H19NO6S/c24-15-18(14-22(25)26)23-30(27,28)21-9-5-4-8-20(21)29-19-12-10-17(11-13-19)16-6-2-1-3-7-16/h1-13,15,18,23H,14H2,(H,25,26). The maximum Gasteiger partial charge on any atom is 0.305 e. The van der Waals surface area contributed by atoms with E-state index >= 15 is 0 Å². The van der Waals surface area contributed by atoms with Crippen molar-refractivity contribution in [2.24, 2.45) is 0 Å². The molecule has 3 aromatic carbocycles. The number of nitrogens with one attached hydrogen (secondary N) is 1. The molecular formula is C22H19NO6S. The number of carbonyl (C=O) groups excluding carboxylic acids is 1. The summed E-state index contributed by atoms with van der Waals surface area (Å²) >= 11 is 0. The Labute approximate surface area is 174 Å². The predicted octanol–water partition coefficient (Wildman–Crippen LogP) is 3.47. The number of carboxylic acid groups (broad SMARTS) is 1. The van der Waals surface area contributed by atoms with E-state index in [-0.39, 0.29) is 16.9 Å². The zero-order valence-electron chi connectivity index (χ0n) is 15.8. The Balaban J connectivity index is 1.83. The maximum absolute atomic E-state index is 12.7. The molecule has 0 radical (unpaired) electrons. The van der Waals surface area contributed by atoms with Crippen LogP contribution >= 0.6 is 0 Å². The molecule has 0 spiro atoms. The molecule has 0 bridgehead atoms. The second-order valence-electron chi connectivity index (χ2n) is 6.40. The third-order valence-electron chi connectivity index (χ3n) is 4.19. The van der Waals surface area contributed by atoms with Gasteiger partial charge in [-0.1, -0.05) is 54.6 Å². The first-order chi connectivity index (χ1) is 14.4. The summed E-state index contributed by atoms with van der Waals surface area (Å²) in [6.07, 6.45) is -0.413. The summed E-state index contributed by atoms with van der Waals surface area (Å²) in [5.41, 5.74) is 2.02. The van der Waals surface area contributed by atoms with Crippen LogP contribution in [0.1, 0.15) is 6.42 Å². The second-order valence-corrected chi connectivity index (χ2v) is 8.08. The second kappa shape index (κ2) is 9.34. The molecule has 0 aliphatic heterocycles. The molecule has 7 nitrogen and oxygen atoms in total. The van der Waals surface area contributed by atoms with E-state index in [2.05, 4.69) is 4.72 Å². The van der Waals surface area contributed by atoms with Crippen molar-refractivity contribution < 1.29 is 27.9 Å². The fourth-order valence-corrected chi connectivity index (χ4v) is 4.09. The van der Waals surface area contributed by atoms with E-state index in [1.54, 1.807) is 18.2 Å². The van der Waals surface area contributed by atoms with Gasteiger partial charge in [-0.15, -0.1) is 0 Å². The lowest BCUT2D eigenvalue weighted by Gasteiger charge is -2.15. The van der Waals surface area contributed by atoms with Crippen molar-refractivity contribution in [2.75, 3.05) is 0 Å². The van der Waals surface area contributed by atoms with Crippen LogP contribution in [0.25, 0.3) is 11.1 Å². The Morgan fingerprint density at radius 2 is 1.53 bits per heavy atom. The minimum atomic E-state index is -4.19. The van der Waals surface area contributed by atoms with E-state index in [0.29, 0.717) is 5.75 Å². The summed E-state index contributed by atoms with van der Waals surface area (Å²) in [5, 5.41) is 8.82. The van der Waals surface area contributed by atoms with Crippen molar-refractivity contribution in [3.63, 3.8) is 0 Å². The van der Waals surface area contributed by atoms with E-state index in [4.69, 9.17) is 9.84 Å². The Morgan fingerprint density at radius 1 is 0.933 bits per heavy atom. The fourth-order valence-electron chi connectivity index (χ4n) is 2.80. The molecule has 0 aromatic heterocycles. The van der Waals surface area contributed by atoms with Crippen LogP contribution in [0.5, 0.6) is 11.5 Å². The molecule has 0 heterocycles. The first kappa shape index (κ1) is 21.2. The Kier molecular flexibility index (Phi) is 6.61. The minimum absolute atomic E-state index is 0.0532. The van der Waals surface area contributed by atoms with Crippen LogP contribution in [0.4, 0.5) is 0 Å². The maximum atomic E-state index is 12.7. The lowest BCUT2D eigenvalue weighted by atomic mass is 10.1. The van der Waals surface area contributed by atoms with E-state index in [1.165, 1.54) is 18.2 Å². The average molecular weight is 425 g/mol. The van der Waals surface area contributed by atoms with Gasteiger partial charge < -0.3 is 14.6 Å². The van der Waals surface area contributed by atoms with Gasteiger partial charge in [-0.05, 0) is 35.4 Å². The number of aldehydes is 1. The van der Waals surface area contributed by atoms with Gasteiger partial charge in [0.2, 0.25) is 10.0 Å². The highest BCUT2D eigenvalue weighted by atomic mass is 32.2. The van der Waals surface area contributed by atoms with Gasteiger partial charge in [0.1, 0.15) is 22.7 Å². The molecule has 3 rings (SSSR count). The number of carboxylic acids is 1. The SMILES string of the molecule is O=CC(CC(=O)O)NS(=O)(=O)c1ccccc1Oc1ccc(-c2ccccc2)cc1. The molecule has 8 heteroatoms. The van der Waals surface area contributed by atoms with Gasteiger partial charge in [0.15, 0.2) is 0 Å². The average Bonchev–Trinajstić information content (AvgIpc) is 2.74. The van der Waals surface area contributed by atoms with Crippen LogP contribution in [0.2, 0.25) is 0 Å². The van der Waals surface area contributed by atoms with Crippen LogP contribution in [0, 0.1) is 0 Å². The normalized spacial score (nSPS) is 12.1. The number of hydrogen-bond acceptors (Lipinski definition) is 5. The minimum Gasteiger partial charge on any atom is -0.481 e. The third kappa shape index (κ3) is 5.31. The van der Waals surface area contributed by atoms with Crippen molar-refractivity contribution >= 4 is 22.3 Å². The number of hydrogen-bond donors (Lipinski definition) is 2. The number of aliphatic carboxylic acids is 1. The van der Waals surface area contributed by atoms with E-state index < -0.39 is 28.5 Å². The van der Waals surface area contributed by atoms with Crippen molar-refractivity contribution in [1.82, 2.24) is 4.72 Å². The molecule has 0 saturated heterocycles. The summed E-state index contributed by atoms with van der Waals surface area (Å²) in [4.78, 5) is 21.7. The highest BCUT2D eigenvalue weighted by Crippen LogP contribution is 2.30. The van der Waals surface area contributed by atoms with Crippen LogP contribution in [0.15, 0.2) is 83.8 Å². The fraction of sp³-hybridized carbons (Fsp3) is 0.0909. The van der Waals surface area contributed by atoms with Gasteiger partial charge >= 0.3 is 5.97 Å². The number of carbonyl (C=O) groups is 2. The monoisotopic (exact) mass is 425 g/mol. The van der Waals surface area contributed by atoms with E-state index in [1.807, 2.05) is 42.5 Å². The van der Waals surface area contributed by atoms with Gasteiger partial charge in [0.05, 0.1) is 12.5 Å². The molecular weight excluding hydrogens is 406 g/mol. The van der Waals surface area contributed by atoms with Crippen molar-refractivity contribution in [3.05, 3.63) is 78.9 Å². The molecule has 0 saturated carbocycles. The highest BCUT2D eigenvalue weighted by molar-refractivity contribution is 7.89. The van der Waals surface area contributed by atoms with Crippen molar-refractivity contribution in [3.8, 4) is 22.6 Å². The largest absolute Gasteiger partial charge is 0.481 e. The van der Waals surface area contributed by atoms with Gasteiger partial charge in [0, 0.05) is 0 Å².